The minimum Gasteiger partial charge on any atom is -0.481 e. The molecule has 1 saturated heterocycles. The van der Waals surface area contributed by atoms with Gasteiger partial charge in [0.1, 0.15) is 0 Å². The number of nitrogens with one attached hydrogen (secondary N) is 2. The number of rotatable bonds is 9. The van der Waals surface area contributed by atoms with Crippen LogP contribution in [0.25, 0.3) is 0 Å². The number of carboxylic acid groups (broad SMARTS) is 1. The molecule has 1 heterocycles. The fraction of sp³-hybridized carbons (Fsp3) is 0.846. The molecule has 0 aliphatic carbocycles. The summed E-state index contributed by atoms with van der Waals surface area (Å²) in [4.78, 5) is 22.1. The van der Waals surface area contributed by atoms with E-state index in [2.05, 4.69) is 10.6 Å². The predicted octanol–water partition coefficient (Wildman–Crippen LogP) is 0.515. The number of unbranched alkanes of at least 4 members (excludes halogenated alkanes) is 3. The number of methoxy groups -OCH3 is 1. The van der Waals surface area contributed by atoms with Crippen molar-refractivity contribution in [2.45, 2.75) is 50.7 Å². The maximum absolute atomic E-state index is 11.8. The molecule has 1 amide bonds. The van der Waals surface area contributed by atoms with Crippen LogP contribution in [-0.4, -0.2) is 49.3 Å². The quantitative estimate of drug-likeness (QED) is 0.532. The van der Waals surface area contributed by atoms with Gasteiger partial charge in [-0.3, -0.25) is 9.59 Å². The van der Waals surface area contributed by atoms with Crippen molar-refractivity contribution in [2.24, 2.45) is 0 Å². The first-order chi connectivity index (χ1) is 9.13. The SMILES string of the molecule is COC1CNC(C(=O)NCCCCCCC(=O)O)C1. The molecule has 1 aliphatic rings. The monoisotopic (exact) mass is 272 g/mol. The summed E-state index contributed by atoms with van der Waals surface area (Å²) in [5.41, 5.74) is 0. The van der Waals surface area contributed by atoms with Gasteiger partial charge < -0.3 is 20.5 Å². The molecule has 0 aromatic carbocycles. The first-order valence-electron chi connectivity index (χ1n) is 6.89. The van der Waals surface area contributed by atoms with Gasteiger partial charge in [-0.05, 0) is 19.3 Å². The molecule has 0 radical (unpaired) electrons. The van der Waals surface area contributed by atoms with Crippen molar-refractivity contribution in [1.29, 1.82) is 0 Å². The molecule has 0 aromatic heterocycles. The second-order valence-electron chi connectivity index (χ2n) is 4.90. The van der Waals surface area contributed by atoms with E-state index >= 15 is 0 Å². The molecule has 2 unspecified atom stereocenters. The molecule has 1 fully saturated rings. The summed E-state index contributed by atoms with van der Waals surface area (Å²) >= 11 is 0. The molecular formula is C13H24N2O4. The van der Waals surface area contributed by atoms with Crippen LogP contribution in [0.1, 0.15) is 38.5 Å². The number of aliphatic carboxylic acids is 1. The van der Waals surface area contributed by atoms with Crippen LogP contribution in [-0.2, 0) is 14.3 Å². The molecule has 0 saturated carbocycles. The van der Waals surface area contributed by atoms with Gasteiger partial charge >= 0.3 is 5.97 Å². The van der Waals surface area contributed by atoms with Crippen LogP contribution >= 0.6 is 0 Å². The molecule has 3 N–H and O–H groups in total. The Morgan fingerprint density at radius 3 is 2.68 bits per heavy atom. The van der Waals surface area contributed by atoms with Crippen molar-refractivity contribution in [3.05, 3.63) is 0 Å². The van der Waals surface area contributed by atoms with Gasteiger partial charge in [-0.25, -0.2) is 0 Å². The van der Waals surface area contributed by atoms with E-state index in [4.69, 9.17) is 9.84 Å². The number of hydrogen-bond donors (Lipinski definition) is 3. The summed E-state index contributed by atoms with van der Waals surface area (Å²) in [7, 11) is 1.66. The normalized spacial score (nSPS) is 22.4. The van der Waals surface area contributed by atoms with E-state index in [1.165, 1.54) is 0 Å². The van der Waals surface area contributed by atoms with Crippen LogP contribution in [0.4, 0.5) is 0 Å². The summed E-state index contributed by atoms with van der Waals surface area (Å²) in [6.07, 6.45) is 4.54. The summed E-state index contributed by atoms with van der Waals surface area (Å²) in [6.45, 7) is 1.38. The Kier molecular flexibility index (Phi) is 7.43. The molecule has 1 rings (SSSR count). The van der Waals surface area contributed by atoms with Crippen molar-refractivity contribution in [1.82, 2.24) is 10.6 Å². The van der Waals surface area contributed by atoms with Crippen molar-refractivity contribution in [3.63, 3.8) is 0 Å². The number of carboxylic acids is 1. The van der Waals surface area contributed by atoms with Gasteiger partial charge in [-0.2, -0.15) is 0 Å². The number of carbonyl (C=O) groups excluding carboxylic acids is 1. The molecular weight excluding hydrogens is 248 g/mol. The summed E-state index contributed by atoms with van der Waals surface area (Å²) in [5.74, 6) is -0.710. The smallest absolute Gasteiger partial charge is 0.303 e. The second kappa shape index (κ2) is 8.87. The van der Waals surface area contributed by atoms with Crippen LogP contribution in [0, 0.1) is 0 Å². The van der Waals surface area contributed by atoms with Gasteiger partial charge in [0.25, 0.3) is 0 Å². The lowest BCUT2D eigenvalue weighted by molar-refractivity contribution is -0.137. The molecule has 19 heavy (non-hydrogen) atoms. The molecule has 0 bridgehead atoms. The standard InChI is InChI=1S/C13H24N2O4/c1-19-10-8-11(15-9-10)13(18)14-7-5-3-2-4-6-12(16)17/h10-11,15H,2-9H2,1H3,(H,14,18)(H,16,17). The van der Waals surface area contributed by atoms with Crippen molar-refractivity contribution in [3.8, 4) is 0 Å². The third-order valence-corrected chi connectivity index (χ3v) is 3.36. The topological polar surface area (TPSA) is 87.7 Å². The third kappa shape index (κ3) is 6.54. The first kappa shape index (κ1) is 15.9. The summed E-state index contributed by atoms with van der Waals surface area (Å²) < 4.78 is 5.19. The van der Waals surface area contributed by atoms with Crippen LogP contribution in [0.5, 0.6) is 0 Å². The van der Waals surface area contributed by atoms with E-state index < -0.39 is 5.97 Å². The van der Waals surface area contributed by atoms with Gasteiger partial charge in [0.15, 0.2) is 0 Å². The highest BCUT2D eigenvalue weighted by molar-refractivity contribution is 5.82. The molecule has 0 aromatic rings. The summed E-state index contributed by atoms with van der Waals surface area (Å²) in [6, 6.07) is -0.142. The van der Waals surface area contributed by atoms with Gasteiger partial charge in [0.05, 0.1) is 12.1 Å². The van der Waals surface area contributed by atoms with Gasteiger partial charge in [0.2, 0.25) is 5.91 Å². The van der Waals surface area contributed by atoms with Crippen LogP contribution < -0.4 is 10.6 Å². The molecule has 6 nitrogen and oxygen atoms in total. The highest BCUT2D eigenvalue weighted by Gasteiger charge is 2.28. The fourth-order valence-corrected chi connectivity index (χ4v) is 2.17. The number of carbonyl (C=O) groups is 2. The number of ether oxygens (including phenoxy) is 1. The molecule has 1 aliphatic heterocycles. The second-order valence-corrected chi connectivity index (χ2v) is 4.90. The molecule has 6 heteroatoms. The lowest BCUT2D eigenvalue weighted by Crippen LogP contribution is -2.40. The van der Waals surface area contributed by atoms with Crippen LogP contribution in [0.3, 0.4) is 0 Å². The van der Waals surface area contributed by atoms with Gasteiger partial charge in [-0.1, -0.05) is 12.8 Å². The highest BCUT2D eigenvalue weighted by Crippen LogP contribution is 2.09. The van der Waals surface area contributed by atoms with Crippen LogP contribution in [0.15, 0.2) is 0 Å². The minimum atomic E-state index is -0.742. The van der Waals surface area contributed by atoms with Gasteiger partial charge in [0, 0.05) is 26.6 Å². The van der Waals surface area contributed by atoms with E-state index in [1.807, 2.05) is 0 Å². The molecule has 110 valence electrons. The highest BCUT2D eigenvalue weighted by atomic mass is 16.5. The third-order valence-electron chi connectivity index (χ3n) is 3.36. The maximum Gasteiger partial charge on any atom is 0.303 e. The van der Waals surface area contributed by atoms with Crippen molar-refractivity contribution >= 4 is 11.9 Å². The lowest BCUT2D eigenvalue weighted by Gasteiger charge is -2.11. The molecule has 0 spiro atoms. The van der Waals surface area contributed by atoms with Crippen molar-refractivity contribution in [2.75, 3.05) is 20.2 Å². The van der Waals surface area contributed by atoms with Crippen molar-refractivity contribution < 1.29 is 19.4 Å². The van der Waals surface area contributed by atoms with E-state index in [9.17, 15) is 9.59 Å². The van der Waals surface area contributed by atoms with Crippen LogP contribution in [0.2, 0.25) is 0 Å². The lowest BCUT2D eigenvalue weighted by atomic mass is 10.1. The maximum atomic E-state index is 11.8. The Hall–Kier alpha value is -1.14. The largest absolute Gasteiger partial charge is 0.481 e. The van der Waals surface area contributed by atoms with E-state index in [0.29, 0.717) is 13.0 Å². The van der Waals surface area contributed by atoms with E-state index in [0.717, 1.165) is 32.2 Å². The number of amides is 1. The Bertz CT molecular complexity index is 296. The Morgan fingerprint density at radius 1 is 1.32 bits per heavy atom. The van der Waals surface area contributed by atoms with E-state index in [1.54, 1.807) is 7.11 Å². The minimum absolute atomic E-state index is 0.0325. The zero-order chi connectivity index (χ0) is 14.1. The average molecular weight is 272 g/mol. The number of hydrogen-bond acceptors (Lipinski definition) is 4. The fourth-order valence-electron chi connectivity index (χ4n) is 2.17. The average Bonchev–Trinajstić information content (AvgIpc) is 2.85. The Labute approximate surface area is 113 Å². The molecule has 2 atom stereocenters. The zero-order valence-corrected chi connectivity index (χ0v) is 11.5. The zero-order valence-electron chi connectivity index (χ0n) is 11.5. The Balaban J connectivity index is 1.97. The van der Waals surface area contributed by atoms with E-state index in [-0.39, 0.29) is 24.5 Å². The summed E-state index contributed by atoms with van der Waals surface area (Å²) in [5, 5.41) is 14.5. The van der Waals surface area contributed by atoms with Gasteiger partial charge in [-0.15, -0.1) is 0 Å². The predicted molar refractivity (Wildman–Crippen MR) is 70.9 cm³/mol. The Morgan fingerprint density at radius 2 is 2.05 bits per heavy atom. The first-order valence-corrected chi connectivity index (χ1v) is 6.89.